The van der Waals surface area contributed by atoms with Gasteiger partial charge in [-0.25, -0.2) is 4.98 Å². The van der Waals surface area contributed by atoms with Gasteiger partial charge in [0, 0.05) is 13.1 Å². The van der Waals surface area contributed by atoms with Crippen LogP contribution in [0.1, 0.15) is 43.2 Å². The first-order valence-corrected chi connectivity index (χ1v) is 9.12. The number of benzene rings is 1. The zero-order chi connectivity index (χ0) is 19.4. The Morgan fingerprint density at radius 3 is 2.59 bits per heavy atom. The molecule has 2 heterocycles. The van der Waals surface area contributed by atoms with Gasteiger partial charge in [0.2, 0.25) is 5.91 Å². The molecule has 0 aliphatic rings. The van der Waals surface area contributed by atoms with Crippen LogP contribution < -0.4 is 5.32 Å². The third-order valence-electron chi connectivity index (χ3n) is 4.57. The molecule has 2 amide bonds. The highest BCUT2D eigenvalue weighted by atomic mass is 16.3. The zero-order valence-corrected chi connectivity index (χ0v) is 15.8. The van der Waals surface area contributed by atoms with E-state index in [0.29, 0.717) is 18.9 Å². The van der Waals surface area contributed by atoms with Gasteiger partial charge in [0.25, 0.3) is 5.91 Å². The molecule has 1 atom stereocenters. The van der Waals surface area contributed by atoms with Crippen molar-refractivity contribution in [3.05, 3.63) is 54.2 Å². The number of nitrogens with one attached hydrogen (secondary N) is 1. The summed E-state index contributed by atoms with van der Waals surface area (Å²) < 4.78 is 7.02. The molecule has 1 N–H and O–H groups in total. The Morgan fingerprint density at radius 2 is 1.93 bits per heavy atom. The minimum atomic E-state index is -0.389. The molecule has 3 rings (SSSR count). The lowest BCUT2D eigenvalue weighted by Crippen LogP contribution is -2.35. The topological polar surface area (TPSA) is 80.4 Å². The number of carbonyl (C=O) groups is 2. The second kappa shape index (κ2) is 8.07. The molecule has 0 fully saturated rings. The lowest BCUT2D eigenvalue weighted by Gasteiger charge is -2.21. The number of hydrogen-bond acceptors (Lipinski definition) is 4. The van der Waals surface area contributed by atoms with E-state index in [1.165, 1.54) is 6.26 Å². The predicted octanol–water partition coefficient (Wildman–Crippen LogP) is 2.99. The van der Waals surface area contributed by atoms with Gasteiger partial charge in [0.15, 0.2) is 5.76 Å². The van der Waals surface area contributed by atoms with Gasteiger partial charge < -0.3 is 19.2 Å². The number of nitrogens with zero attached hydrogens (tertiary/aromatic N) is 3. The summed E-state index contributed by atoms with van der Waals surface area (Å²) in [4.78, 5) is 31.4. The van der Waals surface area contributed by atoms with E-state index in [4.69, 9.17) is 4.42 Å². The second-order valence-corrected chi connectivity index (χ2v) is 6.28. The fraction of sp³-hybridized carbons (Fsp3) is 0.350. The van der Waals surface area contributed by atoms with Crippen LogP contribution in [-0.2, 0) is 11.3 Å². The Labute approximate surface area is 158 Å². The molecular formula is C20H24N4O3. The van der Waals surface area contributed by atoms with Crippen LogP contribution in [0.2, 0.25) is 0 Å². The van der Waals surface area contributed by atoms with Crippen molar-refractivity contribution < 1.29 is 14.0 Å². The molecule has 1 aromatic carbocycles. The molecule has 27 heavy (non-hydrogen) atoms. The second-order valence-electron chi connectivity index (χ2n) is 6.28. The summed E-state index contributed by atoms with van der Waals surface area (Å²) in [7, 11) is 0. The van der Waals surface area contributed by atoms with Crippen molar-refractivity contribution in [2.45, 2.75) is 33.4 Å². The SMILES string of the molecule is CCN(CC)C(=O)Cn1c(C(C)NC(=O)c2ccco2)nc2ccccc21. The molecule has 142 valence electrons. The van der Waals surface area contributed by atoms with Crippen LogP contribution in [0.3, 0.4) is 0 Å². The van der Waals surface area contributed by atoms with Crippen molar-refractivity contribution in [1.29, 1.82) is 0 Å². The fourth-order valence-corrected chi connectivity index (χ4v) is 3.14. The average Bonchev–Trinajstić information content (AvgIpc) is 3.31. The monoisotopic (exact) mass is 368 g/mol. The quantitative estimate of drug-likeness (QED) is 0.695. The molecule has 0 aliphatic carbocycles. The van der Waals surface area contributed by atoms with Gasteiger partial charge in [0.05, 0.1) is 23.3 Å². The number of carbonyl (C=O) groups excluding carboxylic acids is 2. The minimum absolute atomic E-state index is 0.0222. The van der Waals surface area contributed by atoms with E-state index in [1.54, 1.807) is 17.0 Å². The molecular weight excluding hydrogens is 344 g/mol. The van der Waals surface area contributed by atoms with Gasteiger partial charge in [-0.2, -0.15) is 0 Å². The first-order chi connectivity index (χ1) is 13.0. The van der Waals surface area contributed by atoms with Crippen molar-refractivity contribution in [2.75, 3.05) is 13.1 Å². The van der Waals surface area contributed by atoms with Gasteiger partial charge in [-0.15, -0.1) is 0 Å². The van der Waals surface area contributed by atoms with Gasteiger partial charge in [0.1, 0.15) is 12.4 Å². The van der Waals surface area contributed by atoms with E-state index in [0.717, 1.165) is 11.0 Å². The number of hydrogen-bond donors (Lipinski definition) is 1. The normalized spacial score (nSPS) is 12.1. The number of fused-ring (bicyclic) bond motifs is 1. The summed E-state index contributed by atoms with van der Waals surface area (Å²) in [5, 5.41) is 2.89. The zero-order valence-electron chi connectivity index (χ0n) is 15.8. The van der Waals surface area contributed by atoms with Gasteiger partial charge in [-0.05, 0) is 45.0 Å². The van der Waals surface area contributed by atoms with E-state index >= 15 is 0 Å². The first-order valence-electron chi connectivity index (χ1n) is 9.12. The van der Waals surface area contributed by atoms with Crippen LogP contribution in [0.5, 0.6) is 0 Å². The number of likely N-dealkylation sites (N-methyl/N-ethyl adjacent to an activating group) is 1. The Kier molecular flexibility index (Phi) is 5.59. The number of furan rings is 1. The van der Waals surface area contributed by atoms with Crippen LogP contribution in [0.25, 0.3) is 11.0 Å². The Bertz CT molecular complexity index is 926. The standard InChI is InChI=1S/C20H24N4O3/c1-4-23(5-2)18(25)13-24-16-10-7-6-9-15(16)22-19(24)14(3)21-20(26)17-11-8-12-27-17/h6-12,14H,4-5,13H2,1-3H3,(H,21,26). The maximum Gasteiger partial charge on any atom is 0.287 e. The van der Waals surface area contributed by atoms with Crippen LogP contribution in [0.4, 0.5) is 0 Å². The van der Waals surface area contributed by atoms with Crippen LogP contribution in [-0.4, -0.2) is 39.4 Å². The van der Waals surface area contributed by atoms with E-state index in [-0.39, 0.29) is 30.2 Å². The summed E-state index contributed by atoms with van der Waals surface area (Å²) >= 11 is 0. The third-order valence-corrected chi connectivity index (χ3v) is 4.57. The number of para-hydroxylation sites is 2. The molecule has 1 unspecified atom stereocenters. The van der Waals surface area contributed by atoms with Crippen molar-refractivity contribution >= 4 is 22.8 Å². The molecule has 7 heteroatoms. The number of aromatic nitrogens is 2. The Balaban J connectivity index is 1.92. The minimum Gasteiger partial charge on any atom is -0.459 e. The van der Waals surface area contributed by atoms with Crippen molar-refractivity contribution in [1.82, 2.24) is 19.8 Å². The van der Waals surface area contributed by atoms with E-state index < -0.39 is 0 Å². The lowest BCUT2D eigenvalue weighted by atomic mass is 10.3. The highest BCUT2D eigenvalue weighted by Crippen LogP contribution is 2.21. The summed E-state index contributed by atoms with van der Waals surface area (Å²) in [5.41, 5.74) is 1.66. The number of imidazole rings is 1. The van der Waals surface area contributed by atoms with Crippen LogP contribution >= 0.6 is 0 Å². The summed E-state index contributed by atoms with van der Waals surface area (Å²) in [6, 6.07) is 10.5. The van der Waals surface area contributed by atoms with Crippen LogP contribution in [0, 0.1) is 0 Å². The molecule has 3 aromatic rings. The van der Waals surface area contributed by atoms with Gasteiger partial charge in [-0.3, -0.25) is 9.59 Å². The van der Waals surface area contributed by atoms with E-state index in [2.05, 4.69) is 10.3 Å². The summed E-state index contributed by atoms with van der Waals surface area (Å²) in [6.07, 6.45) is 1.46. The van der Waals surface area contributed by atoms with Crippen molar-refractivity contribution in [2.24, 2.45) is 0 Å². The number of rotatable bonds is 7. The van der Waals surface area contributed by atoms with E-state index in [1.807, 2.05) is 49.6 Å². The maximum absolute atomic E-state index is 12.7. The first kappa shape index (κ1) is 18.7. The van der Waals surface area contributed by atoms with Crippen molar-refractivity contribution in [3.63, 3.8) is 0 Å². The molecule has 0 bridgehead atoms. The van der Waals surface area contributed by atoms with Crippen molar-refractivity contribution in [3.8, 4) is 0 Å². The highest BCUT2D eigenvalue weighted by Gasteiger charge is 2.22. The molecule has 0 saturated carbocycles. The predicted molar refractivity (Wildman–Crippen MR) is 102 cm³/mol. The molecule has 0 radical (unpaired) electrons. The van der Waals surface area contributed by atoms with Gasteiger partial charge in [-0.1, -0.05) is 12.1 Å². The average molecular weight is 368 g/mol. The van der Waals surface area contributed by atoms with E-state index in [9.17, 15) is 9.59 Å². The Hall–Kier alpha value is -3.09. The molecule has 2 aromatic heterocycles. The fourth-order valence-electron chi connectivity index (χ4n) is 3.14. The molecule has 7 nitrogen and oxygen atoms in total. The third kappa shape index (κ3) is 3.86. The van der Waals surface area contributed by atoms with Crippen LogP contribution in [0.15, 0.2) is 47.1 Å². The highest BCUT2D eigenvalue weighted by molar-refractivity contribution is 5.91. The smallest absolute Gasteiger partial charge is 0.287 e. The molecule has 0 aliphatic heterocycles. The summed E-state index contributed by atoms with van der Waals surface area (Å²) in [6.45, 7) is 7.25. The molecule has 0 saturated heterocycles. The number of amides is 2. The largest absolute Gasteiger partial charge is 0.459 e. The summed E-state index contributed by atoms with van der Waals surface area (Å²) in [5.74, 6) is 0.579. The lowest BCUT2D eigenvalue weighted by molar-refractivity contribution is -0.131. The molecule has 0 spiro atoms. The van der Waals surface area contributed by atoms with Gasteiger partial charge >= 0.3 is 0 Å². The Morgan fingerprint density at radius 1 is 1.19 bits per heavy atom. The maximum atomic E-state index is 12.7.